The van der Waals surface area contributed by atoms with Crippen LogP contribution in [0.15, 0.2) is 41.2 Å². The number of benzene rings is 1. The molecule has 0 bridgehead atoms. The number of nitrogens with two attached hydrogens (primary N) is 1. The molecule has 0 spiro atoms. The van der Waals surface area contributed by atoms with Gasteiger partial charge in [-0.1, -0.05) is 55.9 Å². The molecule has 1 aromatic carbocycles. The van der Waals surface area contributed by atoms with Crippen LogP contribution in [-0.4, -0.2) is 9.56 Å². The first-order chi connectivity index (χ1) is 9.90. The summed E-state index contributed by atoms with van der Waals surface area (Å²) in [6, 6.07) is 11.8. The van der Waals surface area contributed by atoms with Crippen LogP contribution in [0.1, 0.15) is 25.0 Å². The molecule has 4 heteroatoms. The van der Waals surface area contributed by atoms with Crippen LogP contribution < -0.4 is 11.3 Å². The van der Waals surface area contributed by atoms with Gasteiger partial charge < -0.3 is 10.3 Å². The molecule has 2 N–H and O–H groups in total. The summed E-state index contributed by atoms with van der Waals surface area (Å²) in [4.78, 5) is 12.7. The van der Waals surface area contributed by atoms with Crippen molar-refractivity contribution in [1.29, 1.82) is 0 Å². The van der Waals surface area contributed by atoms with E-state index >= 15 is 0 Å². The highest BCUT2D eigenvalue weighted by molar-refractivity contribution is 7.80. The standard InChI is InChI=1S/C17H20N2OS/c1-11(2)10-19-15(13-6-4-12(3)5-7-13)9-8-14(16(18)21)17(19)20/h4-9,11H,10H2,1-3H3,(H2,18,21). The summed E-state index contributed by atoms with van der Waals surface area (Å²) in [7, 11) is 0. The van der Waals surface area contributed by atoms with E-state index in [-0.39, 0.29) is 10.5 Å². The van der Waals surface area contributed by atoms with Crippen molar-refractivity contribution in [3.05, 3.63) is 57.9 Å². The molecule has 0 aliphatic heterocycles. The minimum Gasteiger partial charge on any atom is -0.389 e. The van der Waals surface area contributed by atoms with Crippen molar-refractivity contribution in [1.82, 2.24) is 4.57 Å². The predicted molar refractivity (Wildman–Crippen MR) is 91.6 cm³/mol. The van der Waals surface area contributed by atoms with Gasteiger partial charge in [0.2, 0.25) is 0 Å². The maximum absolute atomic E-state index is 12.6. The highest BCUT2D eigenvalue weighted by Crippen LogP contribution is 2.20. The van der Waals surface area contributed by atoms with E-state index in [9.17, 15) is 4.79 Å². The number of aromatic nitrogens is 1. The van der Waals surface area contributed by atoms with Crippen molar-refractivity contribution >= 4 is 17.2 Å². The van der Waals surface area contributed by atoms with E-state index in [1.807, 2.05) is 37.3 Å². The van der Waals surface area contributed by atoms with Crippen molar-refractivity contribution < 1.29 is 0 Å². The number of pyridine rings is 1. The summed E-state index contributed by atoms with van der Waals surface area (Å²) >= 11 is 4.96. The molecule has 110 valence electrons. The van der Waals surface area contributed by atoms with Crippen LogP contribution >= 0.6 is 12.2 Å². The normalized spacial score (nSPS) is 10.9. The third kappa shape index (κ3) is 3.39. The maximum atomic E-state index is 12.6. The van der Waals surface area contributed by atoms with E-state index in [1.165, 1.54) is 5.56 Å². The average molecular weight is 300 g/mol. The van der Waals surface area contributed by atoms with Gasteiger partial charge >= 0.3 is 0 Å². The second-order valence-corrected chi connectivity index (χ2v) is 6.11. The zero-order valence-corrected chi connectivity index (χ0v) is 13.4. The van der Waals surface area contributed by atoms with Gasteiger partial charge in [0.15, 0.2) is 0 Å². The molecule has 2 rings (SSSR count). The lowest BCUT2D eigenvalue weighted by molar-refractivity contribution is 0.515. The van der Waals surface area contributed by atoms with Gasteiger partial charge in [-0.25, -0.2) is 0 Å². The topological polar surface area (TPSA) is 48.0 Å². The number of rotatable bonds is 4. The van der Waals surface area contributed by atoms with Gasteiger partial charge in [0.1, 0.15) is 4.99 Å². The largest absolute Gasteiger partial charge is 0.389 e. The third-order valence-electron chi connectivity index (χ3n) is 3.33. The van der Waals surface area contributed by atoms with E-state index in [0.29, 0.717) is 18.0 Å². The SMILES string of the molecule is Cc1ccc(-c2ccc(C(N)=S)c(=O)n2CC(C)C)cc1. The van der Waals surface area contributed by atoms with Crippen LogP contribution in [0.4, 0.5) is 0 Å². The Morgan fingerprint density at radius 1 is 1.19 bits per heavy atom. The molecule has 0 unspecified atom stereocenters. The summed E-state index contributed by atoms with van der Waals surface area (Å²) in [5.74, 6) is 0.355. The molecule has 0 aliphatic carbocycles. The second-order valence-electron chi connectivity index (χ2n) is 5.67. The Balaban J connectivity index is 2.65. The molecule has 0 aliphatic rings. The van der Waals surface area contributed by atoms with E-state index in [0.717, 1.165) is 11.3 Å². The smallest absolute Gasteiger partial charge is 0.261 e. The molecular weight excluding hydrogens is 280 g/mol. The first kappa shape index (κ1) is 15.4. The molecule has 1 aromatic heterocycles. The Bertz CT molecular complexity index is 715. The molecule has 0 amide bonds. The maximum Gasteiger partial charge on any atom is 0.261 e. The van der Waals surface area contributed by atoms with Gasteiger partial charge in [-0.05, 0) is 30.5 Å². The quantitative estimate of drug-likeness (QED) is 0.883. The fourth-order valence-electron chi connectivity index (χ4n) is 2.29. The number of nitrogens with zero attached hydrogens (tertiary/aromatic N) is 1. The lowest BCUT2D eigenvalue weighted by Crippen LogP contribution is -2.31. The highest BCUT2D eigenvalue weighted by Gasteiger charge is 2.13. The van der Waals surface area contributed by atoms with Gasteiger partial charge in [0.25, 0.3) is 5.56 Å². The fourth-order valence-corrected chi connectivity index (χ4v) is 2.44. The van der Waals surface area contributed by atoms with Crippen molar-refractivity contribution in [2.75, 3.05) is 0 Å². The second kappa shape index (κ2) is 6.22. The minimum atomic E-state index is -0.116. The molecule has 0 saturated heterocycles. The monoisotopic (exact) mass is 300 g/mol. The molecule has 2 aromatic rings. The van der Waals surface area contributed by atoms with Crippen LogP contribution in [0, 0.1) is 12.8 Å². The minimum absolute atomic E-state index is 0.116. The first-order valence-corrected chi connectivity index (χ1v) is 7.41. The zero-order chi connectivity index (χ0) is 15.6. The predicted octanol–water partition coefficient (Wildman–Crippen LogP) is 3.11. The van der Waals surface area contributed by atoms with E-state index in [4.69, 9.17) is 18.0 Å². The Labute approximate surface area is 130 Å². The summed E-state index contributed by atoms with van der Waals surface area (Å²) in [6.07, 6.45) is 0. The molecule has 0 fully saturated rings. The number of hydrogen-bond donors (Lipinski definition) is 1. The van der Waals surface area contributed by atoms with Crippen molar-refractivity contribution in [2.45, 2.75) is 27.3 Å². The lowest BCUT2D eigenvalue weighted by Gasteiger charge is -2.16. The van der Waals surface area contributed by atoms with Crippen LogP contribution in [0.25, 0.3) is 11.3 Å². The summed E-state index contributed by atoms with van der Waals surface area (Å²) < 4.78 is 1.77. The van der Waals surface area contributed by atoms with Crippen molar-refractivity contribution in [2.24, 2.45) is 11.7 Å². The molecule has 21 heavy (non-hydrogen) atoms. The first-order valence-electron chi connectivity index (χ1n) is 7.01. The van der Waals surface area contributed by atoms with Crippen LogP contribution in [0.5, 0.6) is 0 Å². The fraction of sp³-hybridized carbons (Fsp3) is 0.294. The van der Waals surface area contributed by atoms with Crippen LogP contribution in [0.2, 0.25) is 0 Å². The summed E-state index contributed by atoms with van der Waals surface area (Å²) in [6.45, 7) is 6.84. The Hall–Kier alpha value is -1.94. The van der Waals surface area contributed by atoms with Crippen molar-refractivity contribution in [3.63, 3.8) is 0 Å². The summed E-state index contributed by atoms with van der Waals surface area (Å²) in [5.41, 5.74) is 9.04. The third-order valence-corrected chi connectivity index (χ3v) is 3.55. The zero-order valence-electron chi connectivity index (χ0n) is 12.6. The molecule has 0 atom stereocenters. The van der Waals surface area contributed by atoms with E-state index in [2.05, 4.69) is 13.8 Å². The number of thiocarbonyl (C=S) groups is 1. The number of hydrogen-bond acceptors (Lipinski definition) is 2. The Morgan fingerprint density at radius 3 is 2.33 bits per heavy atom. The van der Waals surface area contributed by atoms with Gasteiger partial charge in [-0.3, -0.25) is 4.79 Å². The number of aryl methyl sites for hydroxylation is 1. The van der Waals surface area contributed by atoms with E-state index in [1.54, 1.807) is 10.6 Å². The lowest BCUT2D eigenvalue weighted by atomic mass is 10.1. The molecule has 0 radical (unpaired) electrons. The Morgan fingerprint density at radius 2 is 1.81 bits per heavy atom. The van der Waals surface area contributed by atoms with Gasteiger partial charge in [-0.15, -0.1) is 0 Å². The molecule has 1 heterocycles. The van der Waals surface area contributed by atoms with Gasteiger partial charge in [0, 0.05) is 6.54 Å². The molecule has 3 nitrogen and oxygen atoms in total. The average Bonchev–Trinajstić information content (AvgIpc) is 2.41. The van der Waals surface area contributed by atoms with Crippen LogP contribution in [-0.2, 0) is 6.54 Å². The van der Waals surface area contributed by atoms with Gasteiger partial charge in [-0.2, -0.15) is 0 Å². The van der Waals surface area contributed by atoms with Gasteiger partial charge in [0.05, 0.1) is 11.3 Å². The summed E-state index contributed by atoms with van der Waals surface area (Å²) in [5, 5.41) is 0. The van der Waals surface area contributed by atoms with Crippen LogP contribution in [0.3, 0.4) is 0 Å². The van der Waals surface area contributed by atoms with Crippen molar-refractivity contribution in [3.8, 4) is 11.3 Å². The Kier molecular flexibility index (Phi) is 4.58. The highest BCUT2D eigenvalue weighted by atomic mass is 32.1. The van der Waals surface area contributed by atoms with E-state index < -0.39 is 0 Å². The molecule has 0 saturated carbocycles. The molecular formula is C17H20N2OS.